The van der Waals surface area contributed by atoms with Gasteiger partial charge in [0.15, 0.2) is 0 Å². The summed E-state index contributed by atoms with van der Waals surface area (Å²) < 4.78 is 0. The second-order valence-electron chi connectivity index (χ2n) is 6.45. The minimum absolute atomic E-state index is 0.684. The van der Waals surface area contributed by atoms with Gasteiger partial charge in [-0.1, -0.05) is 46.0 Å². The van der Waals surface area contributed by atoms with Crippen LogP contribution in [0, 0.1) is 11.8 Å². The fraction of sp³-hybridized carbons (Fsp3) is 1.00. The van der Waals surface area contributed by atoms with Crippen molar-refractivity contribution in [2.45, 2.75) is 71.4 Å². The van der Waals surface area contributed by atoms with Gasteiger partial charge >= 0.3 is 0 Å². The average molecular weight is 254 g/mol. The smallest absolute Gasteiger partial charge is 0.0242 e. The molecule has 1 aliphatic rings. The van der Waals surface area contributed by atoms with Gasteiger partial charge in [-0.3, -0.25) is 0 Å². The van der Waals surface area contributed by atoms with Crippen molar-refractivity contribution in [2.24, 2.45) is 11.8 Å². The van der Waals surface area contributed by atoms with Gasteiger partial charge in [-0.05, 0) is 39.3 Å². The van der Waals surface area contributed by atoms with Crippen molar-refractivity contribution in [2.75, 3.05) is 20.6 Å². The molecule has 0 radical (unpaired) electrons. The highest BCUT2D eigenvalue weighted by molar-refractivity contribution is 4.80. The van der Waals surface area contributed by atoms with Gasteiger partial charge in [0, 0.05) is 18.6 Å². The van der Waals surface area contributed by atoms with Crippen molar-refractivity contribution in [1.29, 1.82) is 0 Å². The highest BCUT2D eigenvalue weighted by Gasteiger charge is 2.23. The fourth-order valence-electron chi connectivity index (χ4n) is 3.24. The maximum Gasteiger partial charge on any atom is 0.0242 e. The third-order valence-electron chi connectivity index (χ3n) is 4.84. The molecule has 2 unspecified atom stereocenters. The van der Waals surface area contributed by atoms with Crippen LogP contribution < -0.4 is 5.32 Å². The van der Waals surface area contributed by atoms with Crippen LogP contribution in [0.5, 0.6) is 0 Å². The number of nitrogens with one attached hydrogen (secondary N) is 1. The van der Waals surface area contributed by atoms with Crippen LogP contribution in [-0.2, 0) is 0 Å². The summed E-state index contributed by atoms with van der Waals surface area (Å²) in [7, 11) is 4.45. The predicted molar refractivity (Wildman–Crippen MR) is 81.0 cm³/mol. The van der Waals surface area contributed by atoms with E-state index in [9.17, 15) is 0 Å². The summed E-state index contributed by atoms with van der Waals surface area (Å²) in [6.45, 7) is 8.15. The third-order valence-corrected chi connectivity index (χ3v) is 4.84. The monoisotopic (exact) mass is 254 g/mol. The minimum atomic E-state index is 0.684. The molecule has 1 N–H and O–H groups in total. The first-order valence-electron chi connectivity index (χ1n) is 7.98. The molecular formula is C16H34N2. The standard InChI is InChI=1S/C16H34N2/c1-6-15(7-2)16(18(4)5)12-17-13(3)11-14-9-8-10-14/h13-17H,6-12H2,1-5H3. The molecule has 2 heteroatoms. The molecular weight excluding hydrogens is 220 g/mol. The first-order chi connectivity index (χ1) is 8.58. The second-order valence-corrected chi connectivity index (χ2v) is 6.45. The summed E-state index contributed by atoms with van der Waals surface area (Å²) in [4.78, 5) is 2.40. The molecule has 18 heavy (non-hydrogen) atoms. The van der Waals surface area contributed by atoms with Crippen LogP contribution in [0.2, 0.25) is 0 Å². The normalized spacial score (nSPS) is 20.2. The summed E-state index contributed by atoms with van der Waals surface area (Å²) in [5, 5.41) is 3.77. The van der Waals surface area contributed by atoms with Gasteiger partial charge in [0.2, 0.25) is 0 Å². The predicted octanol–water partition coefficient (Wildman–Crippen LogP) is 3.52. The quantitative estimate of drug-likeness (QED) is 0.677. The minimum Gasteiger partial charge on any atom is -0.313 e. The molecule has 0 heterocycles. The Hall–Kier alpha value is -0.0800. The molecule has 0 amide bonds. The van der Waals surface area contributed by atoms with Crippen molar-refractivity contribution in [3.05, 3.63) is 0 Å². The summed E-state index contributed by atoms with van der Waals surface area (Å²) in [5.41, 5.74) is 0. The molecule has 1 aliphatic carbocycles. The molecule has 0 aromatic rings. The lowest BCUT2D eigenvalue weighted by atomic mass is 9.81. The Morgan fingerprint density at radius 1 is 1.17 bits per heavy atom. The van der Waals surface area contributed by atoms with Crippen LogP contribution in [-0.4, -0.2) is 37.6 Å². The lowest BCUT2D eigenvalue weighted by molar-refractivity contribution is 0.183. The summed E-state index contributed by atoms with van der Waals surface area (Å²) >= 11 is 0. The van der Waals surface area contributed by atoms with Crippen LogP contribution in [0.4, 0.5) is 0 Å². The number of hydrogen-bond acceptors (Lipinski definition) is 2. The Kier molecular flexibility index (Phi) is 7.25. The van der Waals surface area contributed by atoms with E-state index in [1.54, 1.807) is 0 Å². The Morgan fingerprint density at radius 3 is 2.17 bits per heavy atom. The zero-order chi connectivity index (χ0) is 13.5. The topological polar surface area (TPSA) is 15.3 Å². The first-order valence-corrected chi connectivity index (χ1v) is 7.98. The van der Waals surface area contributed by atoms with Crippen LogP contribution in [0.25, 0.3) is 0 Å². The Balaban J connectivity index is 2.31. The molecule has 2 atom stereocenters. The Labute approximate surface area is 115 Å². The molecule has 1 rings (SSSR count). The van der Waals surface area contributed by atoms with Gasteiger partial charge < -0.3 is 10.2 Å². The average Bonchev–Trinajstić information content (AvgIpc) is 2.28. The van der Waals surface area contributed by atoms with Crippen LogP contribution in [0.1, 0.15) is 59.3 Å². The second kappa shape index (κ2) is 8.16. The van der Waals surface area contributed by atoms with Crippen LogP contribution in [0.3, 0.4) is 0 Å². The lowest BCUT2D eigenvalue weighted by Gasteiger charge is -2.34. The summed E-state index contributed by atoms with van der Waals surface area (Å²) in [5.74, 6) is 1.84. The van der Waals surface area contributed by atoms with E-state index in [-0.39, 0.29) is 0 Å². The van der Waals surface area contributed by atoms with E-state index in [2.05, 4.69) is 45.1 Å². The molecule has 0 aromatic carbocycles. The highest BCUT2D eigenvalue weighted by atomic mass is 15.1. The van der Waals surface area contributed by atoms with E-state index in [4.69, 9.17) is 0 Å². The van der Waals surface area contributed by atoms with Crippen molar-refractivity contribution < 1.29 is 0 Å². The Morgan fingerprint density at radius 2 is 1.78 bits per heavy atom. The largest absolute Gasteiger partial charge is 0.313 e. The van der Waals surface area contributed by atoms with Gasteiger partial charge in [0.25, 0.3) is 0 Å². The molecule has 0 spiro atoms. The summed E-state index contributed by atoms with van der Waals surface area (Å²) in [6.07, 6.45) is 8.36. The van der Waals surface area contributed by atoms with Crippen LogP contribution >= 0.6 is 0 Å². The molecule has 1 saturated carbocycles. The number of rotatable bonds is 9. The molecule has 0 saturated heterocycles. The number of likely N-dealkylation sites (N-methyl/N-ethyl adjacent to an activating group) is 1. The number of hydrogen-bond donors (Lipinski definition) is 1. The van der Waals surface area contributed by atoms with E-state index in [1.807, 2.05) is 0 Å². The van der Waals surface area contributed by atoms with Gasteiger partial charge in [-0.2, -0.15) is 0 Å². The third kappa shape index (κ3) is 4.89. The van der Waals surface area contributed by atoms with Gasteiger partial charge in [0.1, 0.15) is 0 Å². The van der Waals surface area contributed by atoms with E-state index in [0.717, 1.165) is 18.4 Å². The van der Waals surface area contributed by atoms with Crippen molar-refractivity contribution in [1.82, 2.24) is 10.2 Å². The van der Waals surface area contributed by atoms with E-state index >= 15 is 0 Å². The highest BCUT2D eigenvalue weighted by Crippen LogP contribution is 2.30. The van der Waals surface area contributed by atoms with Gasteiger partial charge in [0.05, 0.1) is 0 Å². The molecule has 2 nitrogen and oxygen atoms in total. The van der Waals surface area contributed by atoms with E-state index < -0.39 is 0 Å². The maximum absolute atomic E-state index is 3.77. The molecule has 108 valence electrons. The molecule has 0 bridgehead atoms. The lowest BCUT2D eigenvalue weighted by Crippen LogP contribution is -2.45. The Bertz CT molecular complexity index is 207. The zero-order valence-corrected chi connectivity index (χ0v) is 13.2. The van der Waals surface area contributed by atoms with Crippen LogP contribution in [0.15, 0.2) is 0 Å². The molecule has 0 aromatic heterocycles. The van der Waals surface area contributed by atoms with Crippen molar-refractivity contribution in [3.8, 4) is 0 Å². The molecule has 1 fully saturated rings. The molecule has 0 aliphatic heterocycles. The fourth-order valence-corrected chi connectivity index (χ4v) is 3.24. The summed E-state index contributed by atoms with van der Waals surface area (Å²) in [6, 6.07) is 1.37. The van der Waals surface area contributed by atoms with Gasteiger partial charge in [-0.15, -0.1) is 0 Å². The van der Waals surface area contributed by atoms with E-state index in [1.165, 1.54) is 38.5 Å². The maximum atomic E-state index is 3.77. The van der Waals surface area contributed by atoms with Crippen molar-refractivity contribution >= 4 is 0 Å². The van der Waals surface area contributed by atoms with Crippen molar-refractivity contribution in [3.63, 3.8) is 0 Å². The zero-order valence-electron chi connectivity index (χ0n) is 13.2. The first kappa shape index (κ1) is 16.0. The van der Waals surface area contributed by atoms with Gasteiger partial charge in [-0.25, -0.2) is 0 Å². The number of nitrogens with zero attached hydrogens (tertiary/aromatic N) is 1. The van der Waals surface area contributed by atoms with E-state index in [0.29, 0.717) is 12.1 Å². The SMILES string of the molecule is CCC(CC)C(CNC(C)CC1CCC1)N(C)C.